The minimum Gasteiger partial charge on any atom is -0.481 e. The van der Waals surface area contributed by atoms with Crippen molar-refractivity contribution in [3.63, 3.8) is 0 Å². The smallest absolute Gasteiger partial charge is 0.322 e. The number of carboxylic acid groups (broad SMARTS) is 2. The Hall–Kier alpha value is -1.93. The second kappa shape index (κ2) is 7.01. The zero-order valence-corrected chi connectivity index (χ0v) is 11.3. The molecule has 0 aliphatic carbocycles. The van der Waals surface area contributed by atoms with Gasteiger partial charge in [-0.2, -0.15) is 0 Å². The number of carboxylic acids is 2. The molecule has 0 aliphatic heterocycles. The van der Waals surface area contributed by atoms with Crippen molar-refractivity contribution >= 4 is 22.0 Å². The summed E-state index contributed by atoms with van der Waals surface area (Å²) < 4.78 is 25.4. The van der Waals surface area contributed by atoms with Crippen molar-refractivity contribution in [2.24, 2.45) is 0 Å². The first-order valence-electron chi connectivity index (χ1n) is 5.78. The summed E-state index contributed by atoms with van der Waals surface area (Å²) in [6, 6.07) is 7.17. The maximum absolute atomic E-state index is 11.7. The van der Waals surface area contributed by atoms with Gasteiger partial charge >= 0.3 is 11.9 Å². The van der Waals surface area contributed by atoms with Crippen LogP contribution in [0.15, 0.2) is 30.3 Å². The fourth-order valence-corrected chi connectivity index (χ4v) is 2.77. The molecule has 8 heteroatoms. The Balaban J connectivity index is 2.63. The van der Waals surface area contributed by atoms with Crippen molar-refractivity contribution in [3.05, 3.63) is 35.9 Å². The maximum atomic E-state index is 11.7. The number of hydrogen-bond acceptors (Lipinski definition) is 4. The van der Waals surface area contributed by atoms with Crippen molar-refractivity contribution in [1.82, 2.24) is 4.72 Å². The SMILES string of the molecule is O=C(O)C[C@@H](NS(=O)(=O)CCc1ccccc1)C(=O)O. The third kappa shape index (κ3) is 5.81. The molecule has 0 unspecified atom stereocenters. The van der Waals surface area contributed by atoms with E-state index in [0.717, 1.165) is 5.56 Å². The highest BCUT2D eigenvalue weighted by Crippen LogP contribution is 2.03. The largest absolute Gasteiger partial charge is 0.481 e. The molecule has 3 N–H and O–H groups in total. The van der Waals surface area contributed by atoms with E-state index in [1.54, 1.807) is 30.3 Å². The lowest BCUT2D eigenvalue weighted by Crippen LogP contribution is -2.43. The molecule has 0 amide bonds. The summed E-state index contributed by atoms with van der Waals surface area (Å²) in [5.74, 6) is -3.21. The van der Waals surface area contributed by atoms with E-state index in [9.17, 15) is 18.0 Å². The summed E-state index contributed by atoms with van der Waals surface area (Å²) in [6.45, 7) is 0. The van der Waals surface area contributed by atoms with E-state index in [-0.39, 0.29) is 12.2 Å². The van der Waals surface area contributed by atoms with Gasteiger partial charge in [-0.05, 0) is 12.0 Å². The molecule has 1 rings (SSSR count). The molecule has 0 saturated heterocycles. The number of nitrogens with one attached hydrogen (secondary N) is 1. The van der Waals surface area contributed by atoms with Crippen LogP contribution in [0.2, 0.25) is 0 Å². The number of hydrogen-bond donors (Lipinski definition) is 3. The molecule has 1 aromatic carbocycles. The van der Waals surface area contributed by atoms with Crippen LogP contribution in [0.25, 0.3) is 0 Å². The number of carbonyl (C=O) groups is 2. The average molecular weight is 301 g/mol. The quantitative estimate of drug-likeness (QED) is 0.625. The molecular weight excluding hydrogens is 286 g/mol. The third-order valence-corrected chi connectivity index (χ3v) is 3.89. The van der Waals surface area contributed by atoms with Crippen LogP contribution in [-0.4, -0.2) is 42.4 Å². The first-order chi connectivity index (χ1) is 9.30. The molecule has 0 spiro atoms. The van der Waals surface area contributed by atoms with Gasteiger partial charge in [0.2, 0.25) is 10.0 Å². The van der Waals surface area contributed by atoms with Gasteiger partial charge in [0.1, 0.15) is 6.04 Å². The average Bonchev–Trinajstić information content (AvgIpc) is 2.36. The second-order valence-electron chi connectivity index (χ2n) is 4.16. The minimum absolute atomic E-state index is 0.218. The second-order valence-corrected chi connectivity index (χ2v) is 6.03. The zero-order chi connectivity index (χ0) is 15.2. The summed E-state index contributed by atoms with van der Waals surface area (Å²) in [4.78, 5) is 21.3. The molecule has 0 fully saturated rings. The molecule has 0 heterocycles. The van der Waals surface area contributed by atoms with E-state index in [4.69, 9.17) is 10.2 Å². The molecule has 0 saturated carbocycles. The molecule has 0 radical (unpaired) electrons. The lowest BCUT2D eigenvalue weighted by atomic mass is 10.2. The van der Waals surface area contributed by atoms with Gasteiger partial charge in [-0.15, -0.1) is 0 Å². The molecule has 0 aliphatic rings. The van der Waals surface area contributed by atoms with Crippen LogP contribution in [0.4, 0.5) is 0 Å². The maximum Gasteiger partial charge on any atom is 0.322 e. The summed E-state index contributed by atoms with van der Waals surface area (Å²) >= 11 is 0. The van der Waals surface area contributed by atoms with Gasteiger partial charge in [0.25, 0.3) is 0 Å². The molecule has 7 nitrogen and oxygen atoms in total. The van der Waals surface area contributed by atoms with E-state index in [0.29, 0.717) is 0 Å². The molecule has 0 bridgehead atoms. The fourth-order valence-electron chi connectivity index (χ4n) is 1.53. The van der Waals surface area contributed by atoms with E-state index in [1.807, 2.05) is 4.72 Å². The van der Waals surface area contributed by atoms with Gasteiger partial charge in [0, 0.05) is 0 Å². The Kier molecular flexibility index (Phi) is 5.66. The number of sulfonamides is 1. The zero-order valence-electron chi connectivity index (χ0n) is 10.5. The molecule has 0 aromatic heterocycles. The standard InChI is InChI=1S/C12H15NO6S/c14-11(15)8-10(12(16)17)13-20(18,19)7-6-9-4-2-1-3-5-9/h1-5,10,13H,6-8H2,(H,14,15)(H,16,17)/t10-/m1/s1. The Morgan fingerprint density at radius 3 is 2.25 bits per heavy atom. The van der Waals surface area contributed by atoms with E-state index in [1.165, 1.54) is 0 Å². The summed E-state index contributed by atoms with van der Waals surface area (Å²) in [7, 11) is -3.86. The molecule has 1 atom stereocenters. The fraction of sp³-hybridized carbons (Fsp3) is 0.333. The van der Waals surface area contributed by atoms with E-state index >= 15 is 0 Å². The van der Waals surface area contributed by atoms with Crippen molar-refractivity contribution < 1.29 is 28.2 Å². The van der Waals surface area contributed by atoms with Gasteiger partial charge in [-0.1, -0.05) is 30.3 Å². The van der Waals surface area contributed by atoms with Gasteiger partial charge in [0.05, 0.1) is 12.2 Å². The van der Waals surface area contributed by atoms with Crippen molar-refractivity contribution in [2.45, 2.75) is 18.9 Å². The molecule has 110 valence electrons. The Bertz CT molecular complexity index is 569. The topological polar surface area (TPSA) is 121 Å². The molecule has 1 aromatic rings. The van der Waals surface area contributed by atoms with E-state index < -0.39 is 34.4 Å². The van der Waals surface area contributed by atoms with Crippen molar-refractivity contribution in [3.8, 4) is 0 Å². The lowest BCUT2D eigenvalue weighted by Gasteiger charge is -2.12. The van der Waals surface area contributed by atoms with Crippen molar-refractivity contribution in [2.75, 3.05) is 5.75 Å². The molecule has 20 heavy (non-hydrogen) atoms. The highest BCUT2D eigenvalue weighted by atomic mass is 32.2. The number of aliphatic carboxylic acids is 2. The number of aryl methyl sites for hydroxylation is 1. The third-order valence-electron chi connectivity index (χ3n) is 2.50. The molecular formula is C12H15NO6S. The van der Waals surface area contributed by atoms with Gasteiger partial charge < -0.3 is 10.2 Å². The van der Waals surface area contributed by atoms with Crippen molar-refractivity contribution in [1.29, 1.82) is 0 Å². The van der Waals surface area contributed by atoms with Gasteiger partial charge in [-0.3, -0.25) is 9.59 Å². The monoisotopic (exact) mass is 301 g/mol. The Labute approximate surface area is 116 Å². The Morgan fingerprint density at radius 1 is 1.15 bits per heavy atom. The van der Waals surface area contributed by atoms with Crippen LogP contribution >= 0.6 is 0 Å². The normalized spacial score (nSPS) is 12.8. The van der Waals surface area contributed by atoms with Crippen LogP contribution in [0.1, 0.15) is 12.0 Å². The summed E-state index contributed by atoms with van der Waals surface area (Å²) in [5, 5.41) is 17.3. The van der Waals surface area contributed by atoms with Crippen LogP contribution in [0, 0.1) is 0 Å². The Morgan fingerprint density at radius 2 is 1.75 bits per heavy atom. The lowest BCUT2D eigenvalue weighted by molar-refractivity contribution is -0.145. The van der Waals surface area contributed by atoms with Crippen LogP contribution in [0.5, 0.6) is 0 Å². The highest BCUT2D eigenvalue weighted by Gasteiger charge is 2.26. The summed E-state index contributed by atoms with van der Waals surface area (Å²) in [6.07, 6.45) is -0.588. The first-order valence-corrected chi connectivity index (χ1v) is 7.44. The predicted molar refractivity (Wildman–Crippen MR) is 70.7 cm³/mol. The number of benzene rings is 1. The van der Waals surface area contributed by atoms with Crippen LogP contribution in [-0.2, 0) is 26.0 Å². The van der Waals surface area contributed by atoms with Crippen LogP contribution in [0.3, 0.4) is 0 Å². The first kappa shape index (κ1) is 16.1. The summed E-state index contributed by atoms with van der Waals surface area (Å²) in [5.41, 5.74) is 0.794. The van der Waals surface area contributed by atoms with Gasteiger partial charge in [0.15, 0.2) is 0 Å². The van der Waals surface area contributed by atoms with Gasteiger partial charge in [-0.25, -0.2) is 13.1 Å². The van der Waals surface area contributed by atoms with E-state index in [2.05, 4.69) is 0 Å². The minimum atomic E-state index is -3.86. The van der Waals surface area contributed by atoms with Crippen LogP contribution < -0.4 is 4.72 Å². The highest BCUT2D eigenvalue weighted by molar-refractivity contribution is 7.89. The number of rotatable bonds is 8. The predicted octanol–water partition coefficient (Wildman–Crippen LogP) is 0.0764.